The number of benzene rings is 1. The fraction of sp³-hybridized carbons (Fsp3) is 0.444. The molecule has 1 aliphatic rings. The van der Waals surface area contributed by atoms with Gasteiger partial charge in [-0.25, -0.2) is 0 Å². The molecule has 1 heterocycles. The van der Waals surface area contributed by atoms with Crippen LogP contribution in [0.4, 0.5) is 0 Å². The molecule has 1 aliphatic carbocycles. The second kappa shape index (κ2) is 6.92. The van der Waals surface area contributed by atoms with E-state index >= 15 is 0 Å². The number of hydrogen-bond donors (Lipinski definition) is 1. The molecule has 0 radical (unpaired) electrons. The third-order valence-corrected chi connectivity index (χ3v) is 4.32. The first-order valence-corrected chi connectivity index (χ1v) is 7.74. The minimum atomic E-state index is 0.113. The van der Waals surface area contributed by atoms with Crippen LogP contribution in [-0.4, -0.2) is 19.3 Å². The van der Waals surface area contributed by atoms with Gasteiger partial charge in [-0.05, 0) is 43.4 Å². The summed E-state index contributed by atoms with van der Waals surface area (Å²) in [5.41, 5.74) is 1.24. The lowest BCUT2D eigenvalue weighted by molar-refractivity contribution is 0.0572. The van der Waals surface area contributed by atoms with Gasteiger partial charge in [0.2, 0.25) is 0 Å². The van der Waals surface area contributed by atoms with Crippen LogP contribution >= 0.6 is 0 Å². The summed E-state index contributed by atoms with van der Waals surface area (Å²) in [5.74, 6) is 0.973. The van der Waals surface area contributed by atoms with Crippen LogP contribution in [0.2, 0.25) is 0 Å². The Hall–Kier alpha value is -1.58. The number of furan rings is 1. The van der Waals surface area contributed by atoms with Gasteiger partial charge in [0.05, 0.1) is 18.4 Å². The molecule has 0 aliphatic heterocycles. The molecule has 3 rings (SSSR count). The Morgan fingerprint density at radius 1 is 1.14 bits per heavy atom. The van der Waals surface area contributed by atoms with Crippen molar-refractivity contribution in [1.82, 2.24) is 5.32 Å². The molecule has 0 spiro atoms. The van der Waals surface area contributed by atoms with Gasteiger partial charge in [0.1, 0.15) is 5.76 Å². The first-order valence-electron chi connectivity index (χ1n) is 7.74. The summed E-state index contributed by atoms with van der Waals surface area (Å²) >= 11 is 0. The monoisotopic (exact) mass is 285 g/mol. The molecule has 3 nitrogen and oxygen atoms in total. The Balaban J connectivity index is 1.77. The average Bonchev–Trinajstić information content (AvgIpc) is 3.08. The number of nitrogens with one attached hydrogen (secondary N) is 1. The van der Waals surface area contributed by atoms with Crippen molar-refractivity contribution < 1.29 is 9.15 Å². The zero-order valence-electron chi connectivity index (χ0n) is 12.5. The van der Waals surface area contributed by atoms with Crippen LogP contribution in [0.25, 0.3) is 0 Å². The van der Waals surface area contributed by atoms with E-state index in [2.05, 4.69) is 29.6 Å². The van der Waals surface area contributed by atoms with Crippen molar-refractivity contribution in [2.45, 2.75) is 43.9 Å². The second-order valence-electron chi connectivity index (χ2n) is 5.75. The highest BCUT2D eigenvalue weighted by Crippen LogP contribution is 2.27. The summed E-state index contributed by atoms with van der Waals surface area (Å²) in [4.78, 5) is 0. The largest absolute Gasteiger partial charge is 0.467 e. The maximum absolute atomic E-state index is 5.65. The lowest BCUT2D eigenvalue weighted by Gasteiger charge is -2.31. The van der Waals surface area contributed by atoms with Gasteiger partial charge in [-0.2, -0.15) is 0 Å². The SMILES string of the molecule is COC1CCCC(NC(c2ccccc2)c2ccco2)C1. The Bertz CT molecular complexity index is 523. The summed E-state index contributed by atoms with van der Waals surface area (Å²) in [6.45, 7) is 0. The molecule has 3 unspecified atom stereocenters. The molecule has 0 saturated heterocycles. The Labute approximate surface area is 126 Å². The van der Waals surface area contributed by atoms with E-state index in [-0.39, 0.29) is 6.04 Å². The lowest BCUT2D eigenvalue weighted by atomic mass is 9.91. The lowest BCUT2D eigenvalue weighted by Crippen LogP contribution is -2.39. The predicted octanol–water partition coefficient (Wildman–Crippen LogP) is 3.92. The van der Waals surface area contributed by atoms with E-state index in [1.165, 1.54) is 24.8 Å². The topological polar surface area (TPSA) is 34.4 Å². The van der Waals surface area contributed by atoms with Gasteiger partial charge in [-0.15, -0.1) is 0 Å². The van der Waals surface area contributed by atoms with E-state index in [1.54, 1.807) is 6.26 Å². The molecule has 1 aromatic carbocycles. The van der Waals surface area contributed by atoms with Gasteiger partial charge >= 0.3 is 0 Å². The first-order chi connectivity index (χ1) is 10.4. The highest BCUT2D eigenvalue weighted by Gasteiger charge is 2.26. The maximum atomic E-state index is 5.65. The van der Waals surface area contributed by atoms with Gasteiger partial charge in [0.25, 0.3) is 0 Å². The van der Waals surface area contributed by atoms with Crippen LogP contribution in [0, 0.1) is 0 Å². The molecule has 3 atom stereocenters. The fourth-order valence-corrected chi connectivity index (χ4v) is 3.19. The zero-order chi connectivity index (χ0) is 14.5. The summed E-state index contributed by atoms with van der Waals surface area (Å²) in [5, 5.41) is 3.77. The van der Waals surface area contributed by atoms with Crippen molar-refractivity contribution in [3.05, 3.63) is 60.1 Å². The molecule has 1 aromatic heterocycles. The normalized spacial score (nSPS) is 23.9. The third kappa shape index (κ3) is 3.55. The number of hydrogen-bond acceptors (Lipinski definition) is 3. The molecule has 1 saturated carbocycles. The van der Waals surface area contributed by atoms with Crippen LogP contribution in [0.5, 0.6) is 0 Å². The molecular formula is C18H23NO2. The average molecular weight is 285 g/mol. The molecule has 1 fully saturated rings. The predicted molar refractivity (Wildman–Crippen MR) is 83.2 cm³/mol. The highest BCUT2D eigenvalue weighted by molar-refractivity contribution is 5.26. The van der Waals surface area contributed by atoms with E-state index in [0.717, 1.165) is 12.2 Å². The second-order valence-corrected chi connectivity index (χ2v) is 5.75. The smallest absolute Gasteiger partial charge is 0.125 e. The zero-order valence-corrected chi connectivity index (χ0v) is 12.5. The van der Waals surface area contributed by atoms with Gasteiger partial charge in [-0.1, -0.05) is 30.3 Å². The molecular weight excluding hydrogens is 262 g/mol. The molecule has 0 amide bonds. The molecule has 1 N–H and O–H groups in total. The van der Waals surface area contributed by atoms with E-state index in [9.17, 15) is 0 Å². The van der Waals surface area contributed by atoms with E-state index in [4.69, 9.17) is 9.15 Å². The highest BCUT2D eigenvalue weighted by atomic mass is 16.5. The van der Waals surface area contributed by atoms with Crippen molar-refractivity contribution in [3.63, 3.8) is 0 Å². The summed E-state index contributed by atoms with van der Waals surface area (Å²) in [6.07, 6.45) is 6.78. The van der Waals surface area contributed by atoms with E-state index in [0.29, 0.717) is 12.1 Å². The van der Waals surface area contributed by atoms with Gasteiger partial charge in [0.15, 0.2) is 0 Å². The van der Waals surface area contributed by atoms with Crippen molar-refractivity contribution in [2.24, 2.45) is 0 Å². The van der Waals surface area contributed by atoms with E-state index in [1.807, 2.05) is 25.3 Å². The van der Waals surface area contributed by atoms with Crippen LogP contribution in [0.15, 0.2) is 53.1 Å². The van der Waals surface area contributed by atoms with Gasteiger partial charge in [0, 0.05) is 13.2 Å². The molecule has 112 valence electrons. The fourth-order valence-electron chi connectivity index (χ4n) is 3.19. The Morgan fingerprint density at radius 2 is 2.00 bits per heavy atom. The summed E-state index contributed by atoms with van der Waals surface area (Å²) < 4.78 is 11.2. The third-order valence-electron chi connectivity index (χ3n) is 4.32. The van der Waals surface area contributed by atoms with Crippen LogP contribution in [0.3, 0.4) is 0 Å². The van der Waals surface area contributed by atoms with Crippen molar-refractivity contribution in [3.8, 4) is 0 Å². The number of methoxy groups -OCH3 is 1. The van der Waals surface area contributed by atoms with Gasteiger partial charge < -0.3 is 14.5 Å². The summed E-state index contributed by atoms with van der Waals surface area (Å²) in [6, 6.07) is 15.1. The first kappa shape index (κ1) is 14.4. The molecule has 2 aromatic rings. The minimum absolute atomic E-state index is 0.113. The quantitative estimate of drug-likeness (QED) is 0.904. The minimum Gasteiger partial charge on any atom is -0.467 e. The maximum Gasteiger partial charge on any atom is 0.125 e. The van der Waals surface area contributed by atoms with Crippen LogP contribution < -0.4 is 5.32 Å². The van der Waals surface area contributed by atoms with Crippen molar-refractivity contribution in [2.75, 3.05) is 7.11 Å². The number of ether oxygens (including phenoxy) is 1. The van der Waals surface area contributed by atoms with Crippen LogP contribution in [-0.2, 0) is 4.74 Å². The van der Waals surface area contributed by atoms with Crippen molar-refractivity contribution in [1.29, 1.82) is 0 Å². The Morgan fingerprint density at radius 3 is 2.71 bits per heavy atom. The van der Waals surface area contributed by atoms with Crippen LogP contribution in [0.1, 0.15) is 43.0 Å². The molecule has 0 bridgehead atoms. The standard InChI is InChI=1S/C18H23NO2/c1-20-16-10-5-9-15(13-16)19-18(17-11-6-12-21-17)14-7-3-2-4-8-14/h2-4,6-8,11-12,15-16,18-19H,5,9-10,13H2,1H3. The molecule has 3 heteroatoms. The van der Waals surface area contributed by atoms with Gasteiger partial charge in [-0.3, -0.25) is 0 Å². The Kier molecular flexibility index (Phi) is 4.73. The van der Waals surface area contributed by atoms with E-state index < -0.39 is 0 Å². The molecule has 21 heavy (non-hydrogen) atoms. The van der Waals surface area contributed by atoms with Crippen molar-refractivity contribution >= 4 is 0 Å². The summed E-state index contributed by atoms with van der Waals surface area (Å²) in [7, 11) is 1.81. The number of rotatable bonds is 5.